The first-order valence-corrected chi connectivity index (χ1v) is 8.91. The first-order valence-electron chi connectivity index (χ1n) is 8.03. The Hall–Kier alpha value is -3.20. The molecular weight excluding hydrogens is 368 g/mol. The number of thioether (sulfide) groups is 1. The Labute approximate surface area is 159 Å². The summed E-state index contributed by atoms with van der Waals surface area (Å²) in [5.74, 6) is -0.737. The van der Waals surface area contributed by atoms with Crippen LogP contribution < -0.4 is 10.1 Å². The first kappa shape index (κ1) is 18.6. The van der Waals surface area contributed by atoms with Crippen LogP contribution in [0.3, 0.4) is 0 Å². The second-order valence-electron chi connectivity index (χ2n) is 5.53. The van der Waals surface area contributed by atoms with E-state index in [4.69, 9.17) is 9.84 Å². The van der Waals surface area contributed by atoms with Gasteiger partial charge in [-0.1, -0.05) is 30.0 Å². The SMILES string of the molecule is O=C(O)CC1SC(=NN=Cc2cccc(OCc3ccccn3)c2)NC1=O. The summed E-state index contributed by atoms with van der Waals surface area (Å²) in [4.78, 5) is 26.5. The summed E-state index contributed by atoms with van der Waals surface area (Å²) < 4.78 is 5.70. The van der Waals surface area contributed by atoms with Crippen molar-refractivity contribution in [3.8, 4) is 5.75 Å². The van der Waals surface area contributed by atoms with Gasteiger partial charge in [-0.15, -0.1) is 5.10 Å². The average molecular weight is 384 g/mol. The molecule has 138 valence electrons. The molecule has 8 nitrogen and oxygen atoms in total. The number of hydrogen-bond acceptors (Lipinski definition) is 7. The van der Waals surface area contributed by atoms with E-state index in [0.717, 1.165) is 23.0 Å². The third-order valence-electron chi connectivity index (χ3n) is 3.46. The quantitative estimate of drug-likeness (QED) is 0.558. The summed E-state index contributed by atoms with van der Waals surface area (Å²) in [5, 5.41) is 18.7. The highest BCUT2D eigenvalue weighted by Crippen LogP contribution is 2.22. The van der Waals surface area contributed by atoms with Crippen molar-refractivity contribution in [2.24, 2.45) is 10.2 Å². The van der Waals surface area contributed by atoms with Gasteiger partial charge in [0.15, 0.2) is 5.17 Å². The lowest BCUT2D eigenvalue weighted by atomic mass is 10.2. The standard InChI is InChI=1S/C18H16N4O4S/c23-16(24)9-15-17(25)21-18(27-15)22-20-10-12-4-3-6-14(8-12)26-11-13-5-1-2-7-19-13/h1-8,10,15H,9,11H2,(H,23,24)(H,21,22,25). The molecule has 1 aromatic carbocycles. The molecule has 1 atom stereocenters. The maximum absolute atomic E-state index is 11.6. The van der Waals surface area contributed by atoms with Crippen LogP contribution >= 0.6 is 11.8 Å². The van der Waals surface area contributed by atoms with Crippen LogP contribution in [0, 0.1) is 0 Å². The fourth-order valence-electron chi connectivity index (χ4n) is 2.22. The van der Waals surface area contributed by atoms with Gasteiger partial charge in [0.1, 0.15) is 17.6 Å². The van der Waals surface area contributed by atoms with Crippen molar-refractivity contribution in [1.82, 2.24) is 10.3 Å². The zero-order chi connectivity index (χ0) is 19.1. The van der Waals surface area contributed by atoms with Crippen LogP contribution in [0.25, 0.3) is 0 Å². The molecule has 1 aliphatic rings. The highest BCUT2D eigenvalue weighted by molar-refractivity contribution is 8.15. The minimum atomic E-state index is -1.03. The van der Waals surface area contributed by atoms with Gasteiger partial charge in [0.2, 0.25) is 5.91 Å². The number of carboxylic acid groups (broad SMARTS) is 1. The molecule has 1 aliphatic heterocycles. The molecule has 1 aromatic heterocycles. The fourth-order valence-corrected chi connectivity index (χ4v) is 3.13. The molecule has 0 saturated carbocycles. The predicted octanol–water partition coefficient (Wildman–Crippen LogP) is 2.06. The molecule has 2 N–H and O–H groups in total. The number of rotatable bonds is 7. The number of nitrogens with one attached hydrogen (secondary N) is 1. The van der Waals surface area contributed by atoms with E-state index < -0.39 is 11.2 Å². The van der Waals surface area contributed by atoms with E-state index in [1.165, 1.54) is 6.21 Å². The van der Waals surface area contributed by atoms with Crippen LogP contribution in [-0.2, 0) is 16.2 Å². The molecule has 2 aromatic rings. The van der Waals surface area contributed by atoms with Crippen molar-refractivity contribution < 1.29 is 19.4 Å². The van der Waals surface area contributed by atoms with Gasteiger partial charge in [-0.3, -0.25) is 14.6 Å². The maximum Gasteiger partial charge on any atom is 0.305 e. The molecule has 2 heterocycles. The van der Waals surface area contributed by atoms with Crippen molar-refractivity contribution in [1.29, 1.82) is 0 Å². The Morgan fingerprint density at radius 1 is 1.33 bits per heavy atom. The van der Waals surface area contributed by atoms with Crippen molar-refractivity contribution in [2.75, 3.05) is 0 Å². The Morgan fingerprint density at radius 3 is 3.00 bits per heavy atom. The number of pyridine rings is 1. The van der Waals surface area contributed by atoms with Crippen molar-refractivity contribution in [2.45, 2.75) is 18.3 Å². The van der Waals surface area contributed by atoms with Gasteiger partial charge < -0.3 is 15.2 Å². The number of benzene rings is 1. The fraction of sp³-hybridized carbons (Fsp3) is 0.167. The molecule has 1 amide bonds. The van der Waals surface area contributed by atoms with Crippen LogP contribution in [-0.4, -0.2) is 38.6 Å². The van der Waals surface area contributed by atoms with E-state index in [0.29, 0.717) is 12.4 Å². The van der Waals surface area contributed by atoms with E-state index in [1.807, 2.05) is 36.4 Å². The number of carbonyl (C=O) groups is 2. The Kier molecular flexibility index (Phi) is 6.16. The molecule has 9 heteroatoms. The largest absolute Gasteiger partial charge is 0.487 e. The summed E-state index contributed by atoms with van der Waals surface area (Å²) in [6.07, 6.45) is 2.98. The molecule has 1 saturated heterocycles. The van der Waals surface area contributed by atoms with Crippen LogP contribution in [0.5, 0.6) is 5.75 Å². The van der Waals surface area contributed by atoms with E-state index >= 15 is 0 Å². The minimum absolute atomic E-state index is 0.255. The minimum Gasteiger partial charge on any atom is -0.487 e. The number of carbonyl (C=O) groups excluding carboxylic acids is 1. The number of nitrogens with zero attached hydrogens (tertiary/aromatic N) is 3. The molecule has 0 spiro atoms. The third kappa shape index (κ3) is 5.65. The van der Waals surface area contributed by atoms with Crippen LogP contribution in [0.15, 0.2) is 58.9 Å². The number of carboxylic acids is 1. The molecule has 0 aliphatic carbocycles. The summed E-state index contributed by atoms with van der Waals surface area (Å²) >= 11 is 1.05. The van der Waals surface area contributed by atoms with Gasteiger partial charge in [0, 0.05) is 6.20 Å². The highest BCUT2D eigenvalue weighted by atomic mass is 32.2. The number of aliphatic carboxylic acids is 1. The van der Waals surface area contributed by atoms with Crippen LogP contribution in [0.1, 0.15) is 17.7 Å². The number of aromatic nitrogens is 1. The average Bonchev–Trinajstić information content (AvgIpc) is 3.00. The highest BCUT2D eigenvalue weighted by Gasteiger charge is 2.32. The summed E-state index contributed by atoms with van der Waals surface area (Å²) in [6, 6.07) is 12.9. The Morgan fingerprint density at radius 2 is 2.22 bits per heavy atom. The Balaban J connectivity index is 1.57. The molecule has 27 heavy (non-hydrogen) atoms. The van der Waals surface area contributed by atoms with Crippen LogP contribution in [0.4, 0.5) is 0 Å². The zero-order valence-corrected chi connectivity index (χ0v) is 14.9. The Bertz CT molecular complexity index is 886. The van der Waals surface area contributed by atoms with E-state index in [1.54, 1.807) is 12.3 Å². The van der Waals surface area contributed by atoms with E-state index in [-0.39, 0.29) is 17.5 Å². The number of amidine groups is 1. The zero-order valence-electron chi connectivity index (χ0n) is 14.1. The van der Waals surface area contributed by atoms with Gasteiger partial charge >= 0.3 is 5.97 Å². The normalized spacial score (nSPS) is 18.0. The van der Waals surface area contributed by atoms with Crippen molar-refractivity contribution >= 4 is 35.0 Å². The third-order valence-corrected chi connectivity index (χ3v) is 4.54. The van der Waals surface area contributed by atoms with Gasteiger partial charge in [-0.05, 0) is 29.8 Å². The molecule has 0 bridgehead atoms. The lowest BCUT2D eigenvalue weighted by Crippen LogP contribution is -2.26. The summed E-state index contributed by atoms with van der Waals surface area (Å²) in [6.45, 7) is 0.359. The van der Waals surface area contributed by atoms with E-state index in [2.05, 4.69) is 20.5 Å². The molecule has 3 rings (SSSR count). The molecule has 1 unspecified atom stereocenters. The lowest BCUT2D eigenvalue weighted by molar-refractivity contribution is -0.138. The van der Waals surface area contributed by atoms with Gasteiger partial charge in [-0.25, -0.2) is 0 Å². The first-order chi connectivity index (χ1) is 13.1. The monoisotopic (exact) mass is 384 g/mol. The number of amides is 1. The molecule has 1 fully saturated rings. The number of hydrogen-bond donors (Lipinski definition) is 2. The smallest absolute Gasteiger partial charge is 0.305 e. The molecular formula is C18H16N4O4S. The van der Waals surface area contributed by atoms with Crippen LogP contribution in [0.2, 0.25) is 0 Å². The van der Waals surface area contributed by atoms with Crippen molar-refractivity contribution in [3.05, 3.63) is 59.9 Å². The van der Waals surface area contributed by atoms with Gasteiger partial charge in [-0.2, -0.15) is 5.10 Å². The lowest BCUT2D eigenvalue weighted by Gasteiger charge is -2.05. The van der Waals surface area contributed by atoms with Crippen molar-refractivity contribution in [3.63, 3.8) is 0 Å². The summed E-state index contributed by atoms with van der Waals surface area (Å²) in [5.41, 5.74) is 1.60. The second kappa shape index (κ2) is 8.95. The van der Waals surface area contributed by atoms with Gasteiger partial charge in [0.05, 0.1) is 18.3 Å². The predicted molar refractivity (Wildman–Crippen MR) is 102 cm³/mol. The topological polar surface area (TPSA) is 113 Å². The second-order valence-corrected chi connectivity index (χ2v) is 6.72. The maximum atomic E-state index is 11.6. The molecule has 0 radical (unpaired) electrons. The summed E-state index contributed by atoms with van der Waals surface area (Å²) in [7, 11) is 0. The van der Waals surface area contributed by atoms with Gasteiger partial charge in [0.25, 0.3) is 0 Å². The number of ether oxygens (including phenoxy) is 1. The van der Waals surface area contributed by atoms with E-state index in [9.17, 15) is 9.59 Å².